The zero-order valence-electron chi connectivity index (χ0n) is 25.4. The highest BCUT2D eigenvalue weighted by Gasteiger charge is 2.54. The van der Waals surface area contributed by atoms with E-state index in [0.29, 0.717) is 44.6 Å². The summed E-state index contributed by atoms with van der Waals surface area (Å²) in [5.41, 5.74) is 0.672. The molecular formula is C33H40F2N4O5S. The van der Waals surface area contributed by atoms with Crippen molar-refractivity contribution in [2.24, 2.45) is 11.8 Å². The van der Waals surface area contributed by atoms with Gasteiger partial charge in [-0.1, -0.05) is 42.5 Å². The monoisotopic (exact) mass is 642 g/mol. The van der Waals surface area contributed by atoms with E-state index in [1.165, 1.54) is 17.0 Å². The Hall–Kier alpha value is -3.22. The predicted molar refractivity (Wildman–Crippen MR) is 163 cm³/mol. The first-order valence-electron chi connectivity index (χ1n) is 15.7. The van der Waals surface area contributed by atoms with Crippen molar-refractivity contribution in [2.75, 3.05) is 32.4 Å². The number of carbonyl (C=O) groups is 3. The summed E-state index contributed by atoms with van der Waals surface area (Å²) in [6.45, 7) is 2.16. The third-order valence-corrected chi connectivity index (χ3v) is 11.4. The Bertz CT molecular complexity index is 1530. The van der Waals surface area contributed by atoms with Crippen LogP contribution in [0.4, 0.5) is 13.6 Å². The van der Waals surface area contributed by atoms with E-state index in [0.717, 1.165) is 11.8 Å². The normalized spacial score (nSPS) is 26.2. The lowest BCUT2D eigenvalue weighted by atomic mass is 9.74. The molecule has 6 rings (SSSR count). The standard InChI is InChI=1S/C33H40F2N4O5S/c1-45(43,44)25-9-7-22(8-10-25)21-39-30(41)32(37-31(39)42)15-17-38(18-16-32)28(29(40)24-11-13-33(34,35)14-12-24)27-20-36-19-26(27)23-5-3-2-4-6-23/h2-10,24,26-28,36H,11-21H2,1H3,(H,37,42)/t26-,27-,28?/m1/s1. The Kier molecular flexibility index (Phi) is 8.60. The first-order chi connectivity index (χ1) is 21.4. The first kappa shape index (κ1) is 31.7. The number of benzene rings is 2. The Balaban J connectivity index is 1.19. The lowest BCUT2D eigenvalue weighted by molar-refractivity contribution is -0.137. The number of urea groups is 1. The van der Waals surface area contributed by atoms with Gasteiger partial charge in [0.25, 0.3) is 5.91 Å². The number of likely N-dealkylation sites (tertiary alicyclic amines) is 1. The molecule has 3 saturated heterocycles. The van der Waals surface area contributed by atoms with Crippen LogP contribution in [-0.4, -0.2) is 85.9 Å². The third kappa shape index (κ3) is 6.41. The third-order valence-electron chi connectivity index (χ3n) is 10.3. The maximum Gasteiger partial charge on any atom is 0.325 e. The molecule has 2 aromatic carbocycles. The predicted octanol–water partition coefficient (Wildman–Crippen LogP) is 3.74. The smallest absolute Gasteiger partial charge is 0.323 e. The van der Waals surface area contributed by atoms with E-state index in [2.05, 4.69) is 27.7 Å². The van der Waals surface area contributed by atoms with Crippen LogP contribution in [0.1, 0.15) is 55.6 Å². The summed E-state index contributed by atoms with van der Waals surface area (Å²) in [6.07, 6.45) is 1.55. The van der Waals surface area contributed by atoms with Gasteiger partial charge in [-0.05, 0) is 48.9 Å². The van der Waals surface area contributed by atoms with Crippen molar-refractivity contribution in [2.45, 2.75) is 73.4 Å². The molecule has 9 nitrogen and oxygen atoms in total. The minimum Gasteiger partial charge on any atom is -0.323 e. The van der Waals surface area contributed by atoms with Crippen LogP contribution in [0.5, 0.6) is 0 Å². The second kappa shape index (κ2) is 12.2. The van der Waals surface area contributed by atoms with Gasteiger partial charge in [-0.15, -0.1) is 0 Å². The highest BCUT2D eigenvalue weighted by atomic mass is 32.2. The number of nitrogens with zero attached hydrogens (tertiary/aromatic N) is 2. The summed E-state index contributed by atoms with van der Waals surface area (Å²) in [4.78, 5) is 44.5. The molecule has 3 heterocycles. The summed E-state index contributed by atoms with van der Waals surface area (Å²) in [7, 11) is -3.37. The molecule has 1 unspecified atom stereocenters. The van der Waals surface area contributed by atoms with Crippen molar-refractivity contribution in [3.05, 3.63) is 65.7 Å². The zero-order valence-corrected chi connectivity index (χ0v) is 26.2. The fraction of sp³-hybridized carbons (Fsp3) is 0.545. The molecule has 3 atom stereocenters. The zero-order chi connectivity index (χ0) is 32.0. The molecule has 2 N–H and O–H groups in total. The fourth-order valence-electron chi connectivity index (χ4n) is 7.69. The van der Waals surface area contributed by atoms with E-state index in [9.17, 15) is 31.6 Å². The van der Waals surface area contributed by atoms with Crippen LogP contribution in [0.2, 0.25) is 0 Å². The number of hydrogen-bond acceptors (Lipinski definition) is 7. The van der Waals surface area contributed by atoms with Crippen LogP contribution in [0, 0.1) is 11.8 Å². The molecule has 3 amide bonds. The van der Waals surface area contributed by atoms with Gasteiger partial charge in [0.15, 0.2) is 15.6 Å². The first-order valence-corrected chi connectivity index (χ1v) is 17.6. The maximum atomic E-state index is 14.2. The number of imide groups is 1. The maximum absolute atomic E-state index is 14.2. The topological polar surface area (TPSA) is 116 Å². The van der Waals surface area contributed by atoms with Gasteiger partial charge in [0.05, 0.1) is 17.5 Å². The van der Waals surface area contributed by atoms with Gasteiger partial charge >= 0.3 is 6.03 Å². The Morgan fingerprint density at radius 3 is 2.22 bits per heavy atom. The molecule has 1 saturated carbocycles. The summed E-state index contributed by atoms with van der Waals surface area (Å²) in [6, 6.07) is 15.2. The van der Waals surface area contributed by atoms with Crippen LogP contribution < -0.4 is 10.6 Å². The van der Waals surface area contributed by atoms with E-state index in [1.54, 1.807) is 12.1 Å². The minimum atomic E-state index is -3.37. The van der Waals surface area contributed by atoms with Crippen molar-refractivity contribution >= 4 is 27.6 Å². The van der Waals surface area contributed by atoms with Gasteiger partial charge in [0.2, 0.25) is 5.92 Å². The van der Waals surface area contributed by atoms with Gasteiger partial charge in [-0.3, -0.25) is 19.4 Å². The summed E-state index contributed by atoms with van der Waals surface area (Å²) >= 11 is 0. The lowest BCUT2D eigenvalue weighted by Gasteiger charge is -2.44. The molecule has 0 aromatic heterocycles. The van der Waals surface area contributed by atoms with Gasteiger partial charge in [0.1, 0.15) is 5.54 Å². The van der Waals surface area contributed by atoms with Crippen molar-refractivity contribution in [1.82, 2.24) is 20.4 Å². The SMILES string of the molecule is CS(=O)(=O)c1ccc(CN2C(=O)NC3(CCN(C(C(=O)C4CCC(F)(F)CC4)[C@@H]4CNC[C@@H]4c4ccccc4)CC3)C2=O)cc1. The molecule has 4 fully saturated rings. The quantitative estimate of drug-likeness (QED) is 0.422. The number of hydrogen-bond donors (Lipinski definition) is 2. The molecule has 4 aliphatic rings. The van der Waals surface area contributed by atoms with Gasteiger partial charge in [-0.2, -0.15) is 0 Å². The van der Waals surface area contributed by atoms with Crippen molar-refractivity contribution in [3.8, 4) is 0 Å². The highest BCUT2D eigenvalue weighted by Crippen LogP contribution is 2.41. The second-order valence-corrected chi connectivity index (χ2v) is 15.2. The summed E-state index contributed by atoms with van der Waals surface area (Å²) in [5, 5.41) is 6.39. The van der Waals surface area contributed by atoms with Gasteiger partial charge < -0.3 is 10.6 Å². The molecule has 1 aliphatic carbocycles. The van der Waals surface area contributed by atoms with E-state index in [-0.39, 0.29) is 60.6 Å². The molecule has 0 radical (unpaired) electrons. The molecule has 45 heavy (non-hydrogen) atoms. The molecule has 0 bridgehead atoms. The number of carbonyl (C=O) groups excluding carboxylic acids is 3. The Labute approximate surface area is 262 Å². The van der Waals surface area contributed by atoms with Crippen LogP contribution in [0.3, 0.4) is 0 Å². The number of rotatable bonds is 8. The number of piperidine rings is 1. The van der Waals surface area contributed by atoms with Crippen molar-refractivity contribution < 1.29 is 31.6 Å². The number of sulfone groups is 1. The molecule has 3 aliphatic heterocycles. The Morgan fingerprint density at radius 2 is 1.60 bits per heavy atom. The van der Waals surface area contributed by atoms with Crippen LogP contribution in [-0.2, 0) is 26.0 Å². The van der Waals surface area contributed by atoms with Gasteiger partial charge in [-0.25, -0.2) is 22.0 Å². The largest absolute Gasteiger partial charge is 0.325 e. The lowest BCUT2D eigenvalue weighted by Crippen LogP contribution is -2.60. The Morgan fingerprint density at radius 1 is 0.956 bits per heavy atom. The number of halogens is 2. The average molecular weight is 643 g/mol. The second-order valence-electron chi connectivity index (χ2n) is 13.2. The molecule has 1 spiro atoms. The number of ketones is 1. The van der Waals surface area contributed by atoms with Crippen LogP contribution in [0.15, 0.2) is 59.5 Å². The molecule has 12 heteroatoms. The summed E-state index contributed by atoms with van der Waals surface area (Å²) < 4.78 is 51.7. The highest BCUT2D eigenvalue weighted by molar-refractivity contribution is 7.90. The van der Waals surface area contributed by atoms with E-state index in [4.69, 9.17) is 0 Å². The van der Waals surface area contributed by atoms with Crippen LogP contribution >= 0.6 is 0 Å². The molecule has 242 valence electrons. The van der Waals surface area contributed by atoms with E-state index < -0.39 is 39.3 Å². The summed E-state index contributed by atoms with van der Waals surface area (Å²) in [5.74, 6) is -3.46. The number of Topliss-reactive ketones (excluding diaryl/α,β-unsaturated/α-hetero) is 1. The van der Waals surface area contributed by atoms with Crippen LogP contribution in [0.25, 0.3) is 0 Å². The van der Waals surface area contributed by atoms with E-state index >= 15 is 0 Å². The van der Waals surface area contributed by atoms with Crippen molar-refractivity contribution in [3.63, 3.8) is 0 Å². The number of alkyl halides is 2. The average Bonchev–Trinajstić information content (AvgIpc) is 3.57. The fourth-order valence-corrected chi connectivity index (χ4v) is 8.32. The number of amides is 3. The van der Waals surface area contributed by atoms with Crippen molar-refractivity contribution in [1.29, 1.82) is 0 Å². The van der Waals surface area contributed by atoms with E-state index in [1.807, 2.05) is 18.2 Å². The minimum absolute atomic E-state index is 0.0111. The number of nitrogens with one attached hydrogen (secondary N) is 2. The molecular weight excluding hydrogens is 602 g/mol. The van der Waals surface area contributed by atoms with Gasteiger partial charge in [0, 0.05) is 63.0 Å². The molecule has 2 aromatic rings.